The van der Waals surface area contributed by atoms with E-state index in [0.29, 0.717) is 0 Å². The lowest BCUT2D eigenvalue weighted by Crippen LogP contribution is -2.37. The van der Waals surface area contributed by atoms with Crippen LogP contribution in [0.2, 0.25) is 0 Å². The summed E-state index contributed by atoms with van der Waals surface area (Å²) in [6, 6.07) is 8.44. The monoisotopic (exact) mass is 235 g/mol. The Kier molecular flexibility index (Phi) is 4.00. The van der Waals surface area contributed by atoms with Crippen LogP contribution in [0.3, 0.4) is 0 Å². The van der Waals surface area contributed by atoms with Crippen LogP contribution in [0.4, 0.5) is 0 Å². The van der Waals surface area contributed by atoms with Crippen molar-refractivity contribution < 1.29 is 5.11 Å². The number of hydrogen-bond donors (Lipinski definition) is 2. The van der Waals surface area contributed by atoms with E-state index in [2.05, 4.69) is 50.4 Å². The molecule has 17 heavy (non-hydrogen) atoms. The van der Waals surface area contributed by atoms with Crippen LogP contribution in [0.25, 0.3) is 0 Å². The van der Waals surface area contributed by atoms with E-state index in [1.54, 1.807) is 0 Å². The molecule has 0 aliphatic rings. The molecule has 0 amide bonds. The van der Waals surface area contributed by atoms with Crippen molar-refractivity contribution in [1.29, 1.82) is 0 Å². The molecule has 0 saturated carbocycles. The van der Waals surface area contributed by atoms with Crippen LogP contribution in [0.15, 0.2) is 24.3 Å². The Hall–Kier alpha value is -0.860. The summed E-state index contributed by atoms with van der Waals surface area (Å²) in [4.78, 5) is 0. The van der Waals surface area contributed by atoms with Gasteiger partial charge in [-0.15, -0.1) is 0 Å². The number of likely N-dealkylation sites (N-methyl/N-ethyl adjacent to an activating group) is 1. The minimum Gasteiger partial charge on any atom is -0.388 e. The fraction of sp³-hybridized carbons (Fsp3) is 0.600. The van der Waals surface area contributed by atoms with E-state index in [4.69, 9.17) is 0 Å². The van der Waals surface area contributed by atoms with Crippen molar-refractivity contribution in [3.63, 3.8) is 0 Å². The van der Waals surface area contributed by atoms with Crippen LogP contribution in [0.5, 0.6) is 0 Å². The molecule has 1 atom stereocenters. The second kappa shape index (κ2) is 4.79. The van der Waals surface area contributed by atoms with Crippen molar-refractivity contribution in [1.82, 2.24) is 5.32 Å². The summed E-state index contributed by atoms with van der Waals surface area (Å²) in [5.74, 6) is 0. The second-order valence-electron chi connectivity index (χ2n) is 6.25. The molecule has 0 saturated heterocycles. The van der Waals surface area contributed by atoms with E-state index in [-0.39, 0.29) is 11.5 Å². The Morgan fingerprint density at radius 3 is 1.76 bits per heavy atom. The SMILES string of the molecule is CNC(c1ccc(C(C)(C)C)cc1)C(C)(C)O. The summed E-state index contributed by atoms with van der Waals surface area (Å²) in [5, 5.41) is 13.3. The average molecular weight is 235 g/mol. The van der Waals surface area contributed by atoms with E-state index in [0.717, 1.165) is 5.56 Å². The second-order valence-corrected chi connectivity index (χ2v) is 6.25. The molecule has 0 radical (unpaired) electrons. The summed E-state index contributed by atoms with van der Waals surface area (Å²) in [7, 11) is 1.88. The van der Waals surface area contributed by atoms with Gasteiger partial charge in [0.1, 0.15) is 0 Å². The molecule has 96 valence electrons. The highest BCUT2D eigenvalue weighted by molar-refractivity contribution is 5.30. The number of benzene rings is 1. The number of nitrogens with one attached hydrogen (secondary N) is 1. The molecule has 1 aromatic rings. The smallest absolute Gasteiger partial charge is 0.0785 e. The Bertz CT molecular complexity index is 354. The van der Waals surface area contributed by atoms with Gasteiger partial charge in [0, 0.05) is 0 Å². The van der Waals surface area contributed by atoms with Crippen LogP contribution in [-0.2, 0) is 5.41 Å². The van der Waals surface area contributed by atoms with Gasteiger partial charge in [-0.25, -0.2) is 0 Å². The predicted octanol–water partition coefficient (Wildman–Crippen LogP) is 3.02. The molecule has 0 aliphatic carbocycles. The third kappa shape index (κ3) is 3.55. The molecular weight excluding hydrogens is 210 g/mol. The van der Waals surface area contributed by atoms with Crippen LogP contribution < -0.4 is 5.32 Å². The topological polar surface area (TPSA) is 32.3 Å². The van der Waals surface area contributed by atoms with Gasteiger partial charge in [0.2, 0.25) is 0 Å². The fourth-order valence-electron chi connectivity index (χ4n) is 2.10. The summed E-state index contributed by atoms with van der Waals surface area (Å²) in [5.41, 5.74) is 1.83. The van der Waals surface area contributed by atoms with Crippen molar-refractivity contribution in [3.05, 3.63) is 35.4 Å². The maximum Gasteiger partial charge on any atom is 0.0785 e. The van der Waals surface area contributed by atoms with Crippen LogP contribution in [0, 0.1) is 0 Å². The molecule has 1 unspecified atom stereocenters. The van der Waals surface area contributed by atoms with Gasteiger partial charge in [-0.1, -0.05) is 45.0 Å². The zero-order valence-corrected chi connectivity index (χ0v) is 11.8. The molecular formula is C15H25NO. The van der Waals surface area contributed by atoms with Gasteiger partial charge < -0.3 is 10.4 Å². The average Bonchev–Trinajstić information content (AvgIpc) is 2.16. The first-order chi connectivity index (χ1) is 7.66. The van der Waals surface area contributed by atoms with Gasteiger partial charge in [-0.2, -0.15) is 0 Å². The molecule has 0 aliphatic heterocycles. The van der Waals surface area contributed by atoms with Gasteiger partial charge in [-0.3, -0.25) is 0 Å². The molecule has 0 heterocycles. The highest BCUT2D eigenvalue weighted by atomic mass is 16.3. The summed E-state index contributed by atoms with van der Waals surface area (Å²) >= 11 is 0. The Morgan fingerprint density at radius 1 is 1.00 bits per heavy atom. The van der Waals surface area contributed by atoms with E-state index < -0.39 is 5.60 Å². The zero-order chi connectivity index (χ0) is 13.3. The number of hydrogen-bond acceptors (Lipinski definition) is 2. The number of aliphatic hydroxyl groups is 1. The van der Waals surface area contributed by atoms with E-state index in [1.807, 2.05) is 20.9 Å². The Balaban J connectivity index is 3.02. The third-order valence-electron chi connectivity index (χ3n) is 3.11. The van der Waals surface area contributed by atoms with Crippen molar-refractivity contribution >= 4 is 0 Å². The molecule has 0 bridgehead atoms. The van der Waals surface area contributed by atoms with Gasteiger partial charge in [0.25, 0.3) is 0 Å². The normalized spacial score (nSPS) is 14.8. The van der Waals surface area contributed by atoms with Crippen molar-refractivity contribution in [3.8, 4) is 0 Å². The van der Waals surface area contributed by atoms with Crippen molar-refractivity contribution in [2.24, 2.45) is 0 Å². The highest BCUT2D eigenvalue weighted by Crippen LogP contribution is 2.28. The highest BCUT2D eigenvalue weighted by Gasteiger charge is 2.27. The Morgan fingerprint density at radius 2 is 1.47 bits per heavy atom. The summed E-state index contributed by atoms with van der Waals surface area (Å²) < 4.78 is 0. The minimum absolute atomic E-state index is 0.0449. The van der Waals surface area contributed by atoms with Crippen LogP contribution >= 0.6 is 0 Å². The molecule has 2 nitrogen and oxygen atoms in total. The van der Waals surface area contributed by atoms with Crippen LogP contribution in [0.1, 0.15) is 51.8 Å². The molecule has 0 aromatic heterocycles. The quantitative estimate of drug-likeness (QED) is 0.844. The molecule has 1 rings (SSSR count). The zero-order valence-electron chi connectivity index (χ0n) is 11.8. The maximum absolute atomic E-state index is 10.1. The summed E-state index contributed by atoms with van der Waals surface area (Å²) in [6.45, 7) is 10.3. The van der Waals surface area contributed by atoms with E-state index >= 15 is 0 Å². The van der Waals surface area contributed by atoms with Gasteiger partial charge >= 0.3 is 0 Å². The summed E-state index contributed by atoms with van der Waals surface area (Å²) in [6.07, 6.45) is 0. The fourth-order valence-corrected chi connectivity index (χ4v) is 2.10. The lowest BCUT2D eigenvalue weighted by molar-refractivity contribution is 0.0400. The largest absolute Gasteiger partial charge is 0.388 e. The van der Waals surface area contributed by atoms with Crippen molar-refractivity contribution in [2.45, 2.75) is 51.7 Å². The maximum atomic E-state index is 10.1. The third-order valence-corrected chi connectivity index (χ3v) is 3.11. The van der Waals surface area contributed by atoms with Gasteiger partial charge in [0.15, 0.2) is 0 Å². The van der Waals surface area contributed by atoms with Gasteiger partial charge in [-0.05, 0) is 37.4 Å². The lowest BCUT2D eigenvalue weighted by Gasteiger charge is -2.30. The van der Waals surface area contributed by atoms with Crippen molar-refractivity contribution in [2.75, 3.05) is 7.05 Å². The minimum atomic E-state index is -0.766. The molecule has 0 fully saturated rings. The predicted molar refractivity (Wildman–Crippen MR) is 73.2 cm³/mol. The molecule has 0 spiro atoms. The molecule has 2 heteroatoms. The van der Waals surface area contributed by atoms with Crippen LogP contribution in [-0.4, -0.2) is 17.8 Å². The van der Waals surface area contributed by atoms with E-state index in [1.165, 1.54) is 5.56 Å². The standard InChI is InChI=1S/C15H25NO/c1-14(2,3)12-9-7-11(8-10-12)13(16-6)15(4,5)17/h7-10,13,16-17H,1-6H3. The first-order valence-corrected chi connectivity index (χ1v) is 6.16. The first-order valence-electron chi connectivity index (χ1n) is 6.16. The lowest BCUT2D eigenvalue weighted by atomic mass is 9.85. The Labute approximate surface area is 105 Å². The van der Waals surface area contributed by atoms with Gasteiger partial charge in [0.05, 0.1) is 11.6 Å². The van der Waals surface area contributed by atoms with E-state index in [9.17, 15) is 5.11 Å². The number of rotatable bonds is 3. The molecule has 1 aromatic carbocycles. The molecule has 2 N–H and O–H groups in total. The first kappa shape index (κ1) is 14.2.